The van der Waals surface area contributed by atoms with E-state index in [0.717, 1.165) is 12.1 Å². The Morgan fingerprint density at radius 2 is 1.82 bits per heavy atom. The number of aliphatic imine (C=N–C) groups is 1. The number of pyridine rings is 1. The van der Waals surface area contributed by atoms with Crippen molar-refractivity contribution in [3.05, 3.63) is 54.5 Å². The number of aryl methyl sites for hydroxylation is 1. The normalized spacial score (nSPS) is 12.0. The first-order valence-corrected chi connectivity index (χ1v) is 10.2. The molecular weight excluding hydrogens is 376 g/mol. The molecule has 2 aromatic heterocycles. The van der Waals surface area contributed by atoms with Crippen molar-refractivity contribution >= 4 is 27.4 Å². The number of hydrogen-bond donors (Lipinski definition) is 1. The molecule has 0 saturated carbocycles. The number of rotatable bonds is 6. The van der Waals surface area contributed by atoms with Gasteiger partial charge in [0.2, 0.25) is 5.95 Å². The van der Waals surface area contributed by atoms with Gasteiger partial charge in [0.15, 0.2) is 5.82 Å². The van der Waals surface area contributed by atoms with Gasteiger partial charge in [-0.15, -0.1) is 0 Å². The van der Waals surface area contributed by atoms with Crippen molar-refractivity contribution in [1.82, 2.24) is 19.9 Å². The molecular formula is C19H20N6O2S. The fourth-order valence-corrected chi connectivity index (χ4v) is 3.26. The van der Waals surface area contributed by atoms with Gasteiger partial charge < -0.3 is 0 Å². The Hall–Kier alpha value is -3.20. The third-order valence-corrected chi connectivity index (χ3v) is 5.19. The second-order valence-electron chi connectivity index (χ2n) is 6.04. The Balaban J connectivity index is 1.87. The van der Waals surface area contributed by atoms with E-state index < -0.39 is 10.0 Å². The highest BCUT2D eigenvalue weighted by Gasteiger charge is 2.17. The molecule has 0 fully saturated rings. The van der Waals surface area contributed by atoms with E-state index >= 15 is 0 Å². The first-order valence-electron chi connectivity index (χ1n) is 8.68. The van der Waals surface area contributed by atoms with E-state index in [1.165, 1.54) is 12.1 Å². The predicted molar refractivity (Wildman–Crippen MR) is 108 cm³/mol. The van der Waals surface area contributed by atoms with Crippen molar-refractivity contribution in [3.8, 4) is 11.5 Å². The van der Waals surface area contributed by atoms with Crippen LogP contribution in [0, 0.1) is 6.92 Å². The fourth-order valence-electron chi connectivity index (χ4n) is 2.32. The van der Waals surface area contributed by atoms with Crippen molar-refractivity contribution in [3.63, 3.8) is 0 Å². The fraction of sp³-hybridized carbons (Fsp3) is 0.211. The molecule has 0 atom stereocenters. The number of nitrogens with zero attached hydrogens (tertiary/aromatic N) is 5. The molecule has 0 aliphatic heterocycles. The van der Waals surface area contributed by atoms with Crippen LogP contribution in [0.15, 0.2) is 58.5 Å². The number of hydrogen-bond acceptors (Lipinski definition) is 7. The number of anilines is 1. The SMILES string of the molecule is CCC(C)=Nc1ccc(S(=O)(=O)Nc2nc(C)nc(-c3ccccn3)n2)cc1. The van der Waals surface area contributed by atoms with Gasteiger partial charge in [0, 0.05) is 11.9 Å². The summed E-state index contributed by atoms with van der Waals surface area (Å²) < 4.78 is 27.8. The Morgan fingerprint density at radius 1 is 1.07 bits per heavy atom. The molecule has 3 aromatic rings. The summed E-state index contributed by atoms with van der Waals surface area (Å²) in [5.41, 5.74) is 2.20. The zero-order valence-corrected chi connectivity index (χ0v) is 16.6. The molecule has 0 saturated heterocycles. The third kappa shape index (κ3) is 4.74. The highest BCUT2D eigenvalue weighted by atomic mass is 32.2. The lowest BCUT2D eigenvalue weighted by molar-refractivity contribution is 0.600. The zero-order valence-electron chi connectivity index (χ0n) is 15.8. The average molecular weight is 396 g/mol. The minimum Gasteiger partial charge on any atom is -0.258 e. The van der Waals surface area contributed by atoms with Crippen molar-refractivity contribution in [1.29, 1.82) is 0 Å². The van der Waals surface area contributed by atoms with Crippen LogP contribution in [0.25, 0.3) is 11.5 Å². The van der Waals surface area contributed by atoms with E-state index in [1.54, 1.807) is 43.5 Å². The molecule has 8 nitrogen and oxygen atoms in total. The molecule has 0 radical (unpaired) electrons. The maximum atomic E-state index is 12.7. The number of aromatic nitrogens is 4. The van der Waals surface area contributed by atoms with Crippen LogP contribution in [0.2, 0.25) is 0 Å². The van der Waals surface area contributed by atoms with Gasteiger partial charge in [0.25, 0.3) is 10.0 Å². The quantitative estimate of drug-likeness (QED) is 0.638. The second kappa shape index (κ2) is 8.22. The van der Waals surface area contributed by atoms with E-state index in [9.17, 15) is 8.42 Å². The molecule has 0 aliphatic carbocycles. The van der Waals surface area contributed by atoms with E-state index in [2.05, 4.69) is 29.7 Å². The van der Waals surface area contributed by atoms with Crippen molar-refractivity contribution in [2.75, 3.05) is 4.72 Å². The van der Waals surface area contributed by atoms with Gasteiger partial charge in [-0.05, 0) is 56.7 Å². The van der Waals surface area contributed by atoms with E-state index in [1.807, 2.05) is 13.8 Å². The second-order valence-corrected chi connectivity index (χ2v) is 7.73. The van der Waals surface area contributed by atoms with Crippen LogP contribution in [-0.4, -0.2) is 34.1 Å². The standard InChI is InChI=1S/C19H20N6O2S/c1-4-13(2)21-15-8-10-16(11-9-15)28(26,27)25-19-23-14(3)22-18(24-19)17-7-5-6-12-20-17/h5-12H,4H2,1-3H3,(H,22,23,24,25). The molecule has 0 bridgehead atoms. The molecule has 0 unspecified atom stereocenters. The van der Waals surface area contributed by atoms with Crippen LogP contribution in [0.3, 0.4) is 0 Å². The summed E-state index contributed by atoms with van der Waals surface area (Å²) in [7, 11) is -3.85. The van der Waals surface area contributed by atoms with Gasteiger partial charge in [-0.25, -0.2) is 18.1 Å². The van der Waals surface area contributed by atoms with E-state index in [0.29, 0.717) is 23.0 Å². The summed E-state index contributed by atoms with van der Waals surface area (Å²) in [5.74, 6) is 0.621. The minimum atomic E-state index is -3.85. The summed E-state index contributed by atoms with van der Waals surface area (Å²) in [6.07, 6.45) is 2.45. The van der Waals surface area contributed by atoms with Crippen LogP contribution < -0.4 is 4.72 Å². The number of sulfonamides is 1. The lowest BCUT2D eigenvalue weighted by Gasteiger charge is -2.09. The highest BCUT2D eigenvalue weighted by Crippen LogP contribution is 2.20. The smallest absolute Gasteiger partial charge is 0.258 e. The lowest BCUT2D eigenvalue weighted by Crippen LogP contribution is -2.16. The average Bonchev–Trinajstić information content (AvgIpc) is 2.68. The molecule has 9 heteroatoms. The summed E-state index contributed by atoms with van der Waals surface area (Å²) in [6, 6.07) is 11.6. The molecule has 0 amide bonds. The maximum absolute atomic E-state index is 12.7. The first kappa shape index (κ1) is 19.6. The minimum absolute atomic E-state index is 0.0583. The van der Waals surface area contributed by atoms with Crippen molar-refractivity contribution < 1.29 is 8.42 Å². The molecule has 0 aliphatic rings. The molecule has 1 N–H and O–H groups in total. The molecule has 3 rings (SSSR count). The molecule has 1 aromatic carbocycles. The Morgan fingerprint density at radius 3 is 2.46 bits per heavy atom. The van der Waals surface area contributed by atoms with E-state index in [-0.39, 0.29) is 10.8 Å². The molecule has 144 valence electrons. The number of nitrogens with one attached hydrogen (secondary N) is 1. The van der Waals surface area contributed by atoms with Gasteiger partial charge in [-0.2, -0.15) is 9.97 Å². The Kier molecular flexibility index (Phi) is 5.74. The summed E-state index contributed by atoms with van der Waals surface area (Å²) in [6.45, 7) is 5.60. The summed E-state index contributed by atoms with van der Waals surface area (Å²) in [4.78, 5) is 21.2. The van der Waals surface area contributed by atoms with E-state index in [4.69, 9.17) is 0 Å². The van der Waals surface area contributed by atoms with Crippen LogP contribution in [0.4, 0.5) is 11.6 Å². The third-order valence-electron chi connectivity index (χ3n) is 3.85. The van der Waals surface area contributed by atoms with Crippen molar-refractivity contribution in [2.45, 2.75) is 32.1 Å². The van der Waals surface area contributed by atoms with Crippen LogP contribution in [-0.2, 0) is 10.0 Å². The van der Waals surface area contributed by atoms with Gasteiger partial charge >= 0.3 is 0 Å². The van der Waals surface area contributed by atoms with Gasteiger partial charge in [0.1, 0.15) is 11.5 Å². The Bertz CT molecular complexity index is 1100. The predicted octanol–water partition coefficient (Wildman–Crippen LogP) is 3.55. The summed E-state index contributed by atoms with van der Waals surface area (Å²) >= 11 is 0. The van der Waals surface area contributed by atoms with Gasteiger partial charge in [-0.3, -0.25) is 9.98 Å². The van der Waals surface area contributed by atoms with Crippen LogP contribution in [0.5, 0.6) is 0 Å². The summed E-state index contributed by atoms with van der Waals surface area (Å²) in [5, 5.41) is 0. The first-order chi connectivity index (χ1) is 13.4. The maximum Gasteiger partial charge on any atom is 0.264 e. The topological polar surface area (TPSA) is 110 Å². The lowest BCUT2D eigenvalue weighted by atomic mass is 10.3. The van der Waals surface area contributed by atoms with Gasteiger partial charge in [-0.1, -0.05) is 13.0 Å². The van der Waals surface area contributed by atoms with Crippen LogP contribution in [0.1, 0.15) is 26.1 Å². The monoisotopic (exact) mass is 396 g/mol. The Labute approximate surface area is 163 Å². The molecule has 0 spiro atoms. The van der Waals surface area contributed by atoms with Gasteiger partial charge in [0.05, 0.1) is 10.6 Å². The van der Waals surface area contributed by atoms with Crippen LogP contribution >= 0.6 is 0 Å². The number of benzene rings is 1. The molecule has 2 heterocycles. The molecule has 28 heavy (non-hydrogen) atoms. The van der Waals surface area contributed by atoms with Crippen molar-refractivity contribution in [2.24, 2.45) is 4.99 Å². The largest absolute Gasteiger partial charge is 0.264 e. The highest BCUT2D eigenvalue weighted by molar-refractivity contribution is 7.92. The zero-order chi connectivity index (χ0) is 20.1.